The van der Waals surface area contributed by atoms with Gasteiger partial charge in [0.15, 0.2) is 0 Å². The largest absolute Gasteiger partial charge is 0.300 e. The fourth-order valence-electron chi connectivity index (χ4n) is 2.31. The average molecular weight is 251 g/mol. The molecule has 18 heavy (non-hydrogen) atoms. The number of nitrogens with zero attached hydrogens (tertiary/aromatic N) is 1. The highest BCUT2D eigenvalue weighted by atomic mass is 16.1. The maximum Gasteiger partial charge on any atom is 0.132 e. The van der Waals surface area contributed by atoms with Gasteiger partial charge in [0.25, 0.3) is 0 Å². The molecule has 0 aliphatic heterocycles. The van der Waals surface area contributed by atoms with Crippen LogP contribution in [-0.4, -0.2) is 5.78 Å². The van der Waals surface area contributed by atoms with E-state index in [1.54, 1.807) is 6.92 Å². The van der Waals surface area contributed by atoms with Gasteiger partial charge in [-0.3, -0.25) is 4.79 Å². The van der Waals surface area contributed by atoms with Crippen LogP contribution in [-0.2, 0) is 4.79 Å². The molecule has 0 heterocycles. The molecule has 1 atom stereocenters. The van der Waals surface area contributed by atoms with Gasteiger partial charge in [0.05, 0.1) is 6.07 Å². The molecule has 0 saturated heterocycles. The monoisotopic (exact) mass is 251 g/mol. The molecule has 0 rings (SSSR count). The normalized spacial score (nSPS) is 12.1. The zero-order chi connectivity index (χ0) is 13.6. The minimum absolute atomic E-state index is 0.129. The van der Waals surface area contributed by atoms with E-state index >= 15 is 0 Å². The van der Waals surface area contributed by atoms with Crippen LogP contribution in [0.3, 0.4) is 0 Å². The molecule has 0 aromatic heterocycles. The van der Waals surface area contributed by atoms with Gasteiger partial charge in [-0.15, -0.1) is 0 Å². The molecule has 0 saturated carbocycles. The molecule has 0 spiro atoms. The van der Waals surface area contributed by atoms with Crippen molar-refractivity contribution in [3.05, 3.63) is 0 Å². The first kappa shape index (κ1) is 17.2. The molecular formula is C16H29NO. The predicted octanol–water partition coefficient (Wildman–Crippen LogP) is 5.03. The molecule has 0 fully saturated rings. The van der Waals surface area contributed by atoms with Crippen LogP contribution in [0.2, 0.25) is 0 Å². The van der Waals surface area contributed by atoms with Gasteiger partial charge in [-0.05, 0) is 19.8 Å². The molecule has 1 unspecified atom stereocenters. The molecule has 0 radical (unpaired) electrons. The summed E-state index contributed by atoms with van der Waals surface area (Å²) in [4.78, 5) is 11.4. The van der Waals surface area contributed by atoms with Crippen molar-refractivity contribution >= 4 is 5.78 Å². The third kappa shape index (κ3) is 10.3. The molecule has 0 aromatic carbocycles. The van der Waals surface area contributed by atoms with Crippen molar-refractivity contribution in [2.45, 2.75) is 84.5 Å². The second kappa shape index (κ2) is 12.6. The molecule has 0 amide bonds. The number of rotatable bonds is 12. The predicted molar refractivity (Wildman–Crippen MR) is 76.2 cm³/mol. The summed E-state index contributed by atoms with van der Waals surface area (Å²) in [6.07, 6.45) is 12.7. The first-order valence-electron chi connectivity index (χ1n) is 7.59. The topological polar surface area (TPSA) is 40.9 Å². The fraction of sp³-hybridized carbons (Fsp3) is 0.875. The van der Waals surface area contributed by atoms with Gasteiger partial charge < -0.3 is 0 Å². The highest BCUT2D eigenvalue weighted by Crippen LogP contribution is 2.17. The summed E-state index contributed by atoms with van der Waals surface area (Å²) in [6.45, 7) is 3.90. The van der Waals surface area contributed by atoms with Crippen LogP contribution >= 0.6 is 0 Å². The fourth-order valence-corrected chi connectivity index (χ4v) is 2.31. The van der Waals surface area contributed by atoms with E-state index < -0.39 is 0 Å². The molecule has 0 N–H and O–H groups in total. The van der Waals surface area contributed by atoms with Gasteiger partial charge >= 0.3 is 0 Å². The quantitative estimate of drug-likeness (QED) is 0.457. The number of nitriles is 1. The Hall–Kier alpha value is -0.840. The Balaban J connectivity index is 3.44. The van der Waals surface area contributed by atoms with E-state index in [-0.39, 0.29) is 11.7 Å². The number of Topliss-reactive ketones (excluding diaryl/α,β-unsaturated/α-hetero) is 1. The van der Waals surface area contributed by atoms with Crippen LogP contribution in [0.4, 0.5) is 0 Å². The highest BCUT2D eigenvalue weighted by molar-refractivity contribution is 5.78. The van der Waals surface area contributed by atoms with Crippen LogP contribution in [0.15, 0.2) is 0 Å². The molecule has 2 heteroatoms. The van der Waals surface area contributed by atoms with Crippen LogP contribution in [0.25, 0.3) is 0 Å². The maximum absolute atomic E-state index is 11.4. The number of carbonyl (C=O) groups excluding carboxylic acids is 1. The van der Waals surface area contributed by atoms with Crippen LogP contribution in [0, 0.1) is 17.2 Å². The summed E-state index contributed by atoms with van der Waals surface area (Å²) in [6, 6.07) is 2.13. The van der Waals surface area contributed by atoms with Crippen molar-refractivity contribution in [1.82, 2.24) is 0 Å². The summed E-state index contributed by atoms with van der Waals surface area (Å²) < 4.78 is 0. The number of ketones is 1. The molecule has 0 aliphatic carbocycles. The lowest BCUT2D eigenvalue weighted by Crippen LogP contribution is -2.10. The van der Waals surface area contributed by atoms with Crippen molar-refractivity contribution in [2.75, 3.05) is 0 Å². The van der Waals surface area contributed by atoms with Gasteiger partial charge in [0.2, 0.25) is 0 Å². The summed E-state index contributed by atoms with van der Waals surface area (Å²) in [5.41, 5.74) is 0. The lowest BCUT2D eigenvalue weighted by molar-refractivity contribution is -0.121. The van der Waals surface area contributed by atoms with Crippen molar-refractivity contribution in [1.29, 1.82) is 5.26 Å². The number of carbonyl (C=O) groups is 1. The van der Waals surface area contributed by atoms with Gasteiger partial charge in [0.1, 0.15) is 5.78 Å². The lowest BCUT2D eigenvalue weighted by atomic mass is 9.93. The third-order valence-corrected chi connectivity index (χ3v) is 3.59. The minimum atomic E-state index is 0.129. The Morgan fingerprint density at radius 3 is 2.06 bits per heavy atom. The molecule has 0 bridgehead atoms. The van der Waals surface area contributed by atoms with E-state index in [2.05, 4.69) is 13.0 Å². The number of hydrogen-bond donors (Lipinski definition) is 0. The second-order valence-corrected chi connectivity index (χ2v) is 5.27. The van der Waals surface area contributed by atoms with Gasteiger partial charge in [0, 0.05) is 12.3 Å². The summed E-state index contributed by atoms with van der Waals surface area (Å²) in [5.74, 6) is 0.387. The van der Waals surface area contributed by atoms with Crippen LogP contribution in [0.5, 0.6) is 0 Å². The molecule has 0 aromatic rings. The van der Waals surface area contributed by atoms with E-state index in [0.29, 0.717) is 6.42 Å². The Morgan fingerprint density at radius 2 is 1.56 bits per heavy atom. The standard InChI is InChI=1S/C16H29NO/c1-3-4-5-6-7-8-9-10-12-16(15(2)18)13-11-14-17/h16H,3-13H2,1-2H3. The van der Waals surface area contributed by atoms with Gasteiger partial charge in [-0.1, -0.05) is 58.3 Å². The number of unbranched alkanes of at least 4 members (excludes halogenated alkanes) is 7. The molecule has 2 nitrogen and oxygen atoms in total. The highest BCUT2D eigenvalue weighted by Gasteiger charge is 2.12. The van der Waals surface area contributed by atoms with Crippen molar-refractivity contribution in [3.8, 4) is 6.07 Å². The Morgan fingerprint density at radius 1 is 1.00 bits per heavy atom. The van der Waals surface area contributed by atoms with Crippen molar-refractivity contribution < 1.29 is 4.79 Å². The van der Waals surface area contributed by atoms with Gasteiger partial charge in [-0.25, -0.2) is 0 Å². The minimum Gasteiger partial charge on any atom is -0.300 e. The first-order valence-corrected chi connectivity index (χ1v) is 7.59. The molecule has 0 aliphatic rings. The molecule has 104 valence electrons. The van der Waals surface area contributed by atoms with Crippen LogP contribution in [0.1, 0.15) is 84.5 Å². The molecular weight excluding hydrogens is 222 g/mol. The Bertz CT molecular complexity index is 242. The van der Waals surface area contributed by atoms with Gasteiger partial charge in [-0.2, -0.15) is 5.26 Å². The van der Waals surface area contributed by atoms with E-state index in [9.17, 15) is 4.79 Å². The summed E-state index contributed by atoms with van der Waals surface area (Å²) in [7, 11) is 0. The van der Waals surface area contributed by atoms with E-state index in [0.717, 1.165) is 19.3 Å². The third-order valence-electron chi connectivity index (χ3n) is 3.59. The zero-order valence-electron chi connectivity index (χ0n) is 12.2. The van der Waals surface area contributed by atoms with E-state index in [4.69, 9.17) is 5.26 Å². The lowest BCUT2D eigenvalue weighted by Gasteiger charge is -2.11. The smallest absolute Gasteiger partial charge is 0.132 e. The average Bonchev–Trinajstić information content (AvgIpc) is 2.35. The summed E-state index contributed by atoms with van der Waals surface area (Å²) in [5, 5.41) is 8.55. The Kier molecular flexibility index (Phi) is 12.0. The second-order valence-electron chi connectivity index (χ2n) is 5.27. The Labute approximate surface area is 113 Å². The van der Waals surface area contributed by atoms with Crippen molar-refractivity contribution in [2.24, 2.45) is 5.92 Å². The number of hydrogen-bond acceptors (Lipinski definition) is 2. The first-order chi connectivity index (χ1) is 8.72. The van der Waals surface area contributed by atoms with E-state index in [1.165, 1.54) is 44.9 Å². The zero-order valence-corrected chi connectivity index (χ0v) is 12.2. The van der Waals surface area contributed by atoms with E-state index in [1.807, 2.05) is 0 Å². The SMILES string of the molecule is CCCCCCCCCCC(CCC#N)C(C)=O. The summed E-state index contributed by atoms with van der Waals surface area (Å²) >= 11 is 0. The maximum atomic E-state index is 11.4. The van der Waals surface area contributed by atoms with Crippen LogP contribution < -0.4 is 0 Å². The van der Waals surface area contributed by atoms with Crippen molar-refractivity contribution in [3.63, 3.8) is 0 Å².